The minimum Gasteiger partial charge on any atom is -0.444 e. The van der Waals surface area contributed by atoms with Gasteiger partial charge in [0.25, 0.3) is 16.7 Å². The molecule has 0 atom stereocenters. The van der Waals surface area contributed by atoms with Crippen LogP contribution in [0.15, 0.2) is 343 Å². The van der Waals surface area contributed by atoms with Gasteiger partial charge in [-0.1, -0.05) is 218 Å². The molecule has 2 fully saturated rings. The average molecular weight is 2050 g/mol. The van der Waals surface area contributed by atoms with Gasteiger partial charge in [0.2, 0.25) is 23.6 Å². The number of halogens is 7. The lowest BCUT2D eigenvalue weighted by Crippen LogP contribution is -2.50. The van der Waals surface area contributed by atoms with Crippen LogP contribution in [0.5, 0.6) is 17.2 Å². The van der Waals surface area contributed by atoms with Crippen molar-refractivity contribution >= 4 is 68.7 Å². The number of carbonyl (C=O) groups excluding carboxylic acids is 2. The smallest absolute Gasteiger partial charge is 0.410 e. The lowest BCUT2D eigenvalue weighted by atomic mass is 9.80. The van der Waals surface area contributed by atoms with Gasteiger partial charge in [-0.15, -0.1) is 0 Å². The van der Waals surface area contributed by atoms with Gasteiger partial charge in [-0.2, -0.15) is 26.3 Å². The Bertz CT molecular complexity index is 7770. The van der Waals surface area contributed by atoms with Crippen LogP contribution in [0.25, 0.3) is 66.1 Å². The molecular weight excluding hydrogens is 1950 g/mol. The van der Waals surface area contributed by atoms with E-state index in [0.717, 1.165) is 78.7 Å². The van der Waals surface area contributed by atoms with Gasteiger partial charge in [0.05, 0.1) is 72.2 Å². The minimum atomic E-state index is -3.06. The summed E-state index contributed by atoms with van der Waals surface area (Å²) in [7, 11) is 4.90. The number of aliphatic hydroxyl groups excluding tert-OH is 1. The van der Waals surface area contributed by atoms with Gasteiger partial charge in [0.1, 0.15) is 34.1 Å². The van der Waals surface area contributed by atoms with Crippen LogP contribution < -0.4 is 40.7 Å². The van der Waals surface area contributed by atoms with Gasteiger partial charge in [-0.05, 0) is 172 Å². The molecule has 18 aromatic rings. The van der Waals surface area contributed by atoms with Gasteiger partial charge in [-0.3, -0.25) is 47.3 Å². The number of amides is 2. The fourth-order valence-electron chi connectivity index (χ4n) is 19.0. The van der Waals surface area contributed by atoms with Crippen molar-refractivity contribution in [3.8, 4) is 50.6 Å². The molecule has 0 unspecified atom stereocenters. The predicted molar refractivity (Wildman–Crippen MR) is 560 cm³/mol. The van der Waals surface area contributed by atoms with Crippen LogP contribution in [0.2, 0.25) is 5.28 Å². The highest BCUT2D eigenvalue weighted by Crippen LogP contribution is 2.45. The summed E-state index contributed by atoms with van der Waals surface area (Å²) in [6.07, 6.45) is 10.6. The molecule has 0 bridgehead atoms. The Hall–Kier alpha value is -16.8. The summed E-state index contributed by atoms with van der Waals surface area (Å²) in [6, 6.07) is 90.7. The second kappa shape index (κ2) is 45.7. The summed E-state index contributed by atoms with van der Waals surface area (Å²) >= 11 is 5.89. The maximum absolute atomic E-state index is 13.9. The van der Waals surface area contributed by atoms with Gasteiger partial charge >= 0.3 is 25.9 Å². The van der Waals surface area contributed by atoms with Crippen molar-refractivity contribution in [1.82, 2.24) is 67.8 Å². The highest BCUT2D eigenvalue weighted by Gasteiger charge is 2.40. The molecular formula is C115H105ClF6N16O12. The van der Waals surface area contributed by atoms with E-state index in [0.29, 0.717) is 125 Å². The number of ether oxygens (including phenoxy) is 6. The Kier molecular flexibility index (Phi) is 31.4. The summed E-state index contributed by atoms with van der Waals surface area (Å²) in [5.74, 6) is 1.08. The Balaban J connectivity index is 0.000000151. The highest BCUT2D eigenvalue weighted by atomic mass is 35.5. The fraction of sp³-hybridized carbons (Fsp3) is 0.226. The molecule has 0 aliphatic carbocycles. The molecule has 0 saturated carbocycles. The van der Waals surface area contributed by atoms with E-state index in [4.69, 9.17) is 35.3 Å². The van der Waals surface area contributed by atoms with E-state index < -0.39 is 36.6 Å². The number of piperazine rings is 2. The highest BCUT2D eigenvalue weighted by molar-refractivity contribution is 6.28. The number of hydrogen-bond acceptors (Lipinski definition) is 20. The first kappa shape index (κ1) is 103. The summed E-state index contributed by atoms with van der Waals surface area (Å²) in [5.41, 5.74) is 11.9. The van der Waals surface area contributed by atoms with Crippen LogP contribution in [0, 0.1) is 0 Å². The summed E-state index contributed by atoms with van der Waals surface area (Å²) in [4.78, 5) is 97.2. The number of carbonyl (C=O) groups is 2. The molecule has 2 saturated heterocycles. The number of nitrogens with zero attached hydrogens (tertiary/aromatic N) is 16. The maximum atomic E-state index is 13.9. The summed E-state index contributed by atoms with van der Waals surface area (Å²) in [6.45, 7) is 1.17. The molecule has 6 aromatic heterocycles. The molecule has 766 valence electrons. The number of anilines is 2. The second-order valence-corrected chi connectivity index (χ2v) is 37.3. The lowest BCUT2D eigenvalue weighted by molar-refractivity contribution is -0.118. The number of hydrogen-bond donors (Lipinski definition) is 1. The zero-order valence-corrected chi connectivity index (χ0v) is 83.4. The Morgan fingerprint density at radius 3 is 0.947 bits per heavy atom. The standard InChI is InChI=1S/C49H48F2N6O5.C40H31ClF2N4O3.C26H26F2N6O4/c1-48(2,3)62-47(59)56-26-24-55(25-27-56)46-52-30-37(31-53-46)35-21-22-41-42(29-35)57(54(4)44(41)58)32-36-28-34(20-23-43(36)61-45(50)51)33-60-49(38-14-8-5-9-15-38,39-16-10-6-11-17-39)40-18-12-7-13-19-40;1-46-37(48)34-19-18-28(30-23-44-38(41)45-24-30)22-35(34)47(46)25-29-21-27(17-20-36(29)50-39(42)43)26-49-40(31-11-5-2-6-12-31,32-13-7-3-8-14-32)33-15-9-4-10-16-33;1-31-24(37)21-4-3-18(20-12-29-26(30-13-20)33-8-6-32(16-36)7-9-33)11-22(21)34(31)14-19-10-17(15-35)2-5-23(19)38-25(27)28/h5-23,28-31,45H,24-27,32-33H2,1-4H3;2-24,39H,25-26H2,1H3;2-5,10-13,16,25,35H,6-9,14-15H2,1H3. The van der Waals surface area contributed by atoms with E-state index in [1.54, 1.807) is 131 Å². The molecule has 2 aliphatic heterocycles. The third-order valence-corrected chi connectivity index (χ3v) is 26.7. The zero-order chi connectivity index (χ0) is 105. The molecule has 2 amide bonds. The van der Waals surface area contributed by atoms with Crippen LogP contribution in [0.4, 0.5) is 43.0 Å². The number of aromatic nitrogens is 12. The monoisotopic (exact) mass is 2050 g/mol. The van der Waals surface area contributed by atoms with Crippen LogP contribution in [0.1, 0.15) is 87.5 Å². The Morgan fingerprint density at radius 2 is 0.660 bits per heavy atom. The van der Waals surface area contributed by atoms with Gasteiger partial charge in [0.15, 0.2) is 0 Å². The van der Waals surface area contributed by atoms with E-state index in [1.807, 2.05) is 249 Å². The molecule has 20 rings (SSSR count). The molecule has 1 N–H and O–H groups in total. The summed E-state index contributed by atoms with van der Waals surface area (Å²) < 4.78 is 125. The molecule has 28 nitrogen and oxygen atoms in total. The first-order valence-electron chi connectivity index (χ1n) is 48.4. The third kappa shape index (κ3) is 22.8. The lowest BCUT2D eigenvalue weighted by Gasteiger charge is -2.36. The molecule has 35 heteroatoms. The van der Waals surface area contributed by atoms with E-state index in [2.05, 4.69) is 34.6 Å². The third-order valence-electron chi connectivity index (χ3n) is 26.5. The Labute approximate surface area is 863 Å². The number of fused-ring (bicyclic) bond motifs is 3. The molecule has 8 heterocycles. The van der Waals surface area contributed by atoms with Crippen molar-refractivity contribution in [2.75, 3.05) is 62.2 Å². The first-order chi connectivity index (χ1) is 72.6. The fourth-order valence-corrected chi connectivity index (χ4v) is 19.1. The van der Waals surface area contributed by atoms with Gasteiger partial charge in [0, 0.05) is 144 Å². The quantitative estimate of drug-likeness (QED) is 0.0183. The van der Waals surface area contributed by atoms with Crippen molar-refractivity contribution in [2.24, 2.45) is 21.1 Å². The topological polar surface area (TPSA) is 281 Å². The van der Waals surface area contributed by atoms with Crippen LogP contribution >= 0.6 is 11.6 Å². The van der Waals surface area contributed by atoms with Crippen molar-refractivity contribution in [3.05, 3.63) is 431 Å². The second-order valence-electron chi connectivity index (χ2n) is 37.0. The van der Waals surface area contributed by atoms with E-state index >= 15 is 0 Å². The predicted octanol–water partition coefficient (Wildman–Crippen LogP) is 19.8. The van der Waals surface area contributed by atoms with Crippen LogP contribution in [-0.2, 0) is 90.8 Å². The van der Waals surface area contributed by atoms with E-state index in [9.17, 15) is 55.4 Å². The van der Waals surface area contributed by atoms with Crippen LogP contribution in [-0.4, -0.2) is 163 Å². The van der Waals surface area contributed by atoms with Crippen molar-refractivity contribution in [3.63, 3.8) is 0 Å². The molecule has 2 aliphatic rings. The Morgan fingerprint density at radius 1 is 0.373 bits per heavy atom. The molecule has 0 spiro atoms. The van der Waals surface area contributed by atoms with Crippen molar-refractivity contribution in [2.45, 2.75) is 96.9 Å². The average Bonchev–Trinajstić information content (AvgIpc) is 1.21. The maximum Gasteiger partial charge on any atom is 0.410 e. The molecule has 12 aromatic carbocycles. The van der Waals surface area contributed by atoms with Crippen molar-refractivity contribution < 1.29 is 69.5 Å². The molecule has 150 heavy (non-hydrogen) atoms. The van der Waals surface area contributed by atoms with E-state index in [-0.39, 0.29) is 84.8 Å². The number of aliphatic hydroxyl groups is 1. The number of alkyl halides is 6. The van der Waals surface area contributed by atoms with Crippen LogP contribution in [0.3, 0.4) is 0 Å². The van der Waals surface area contributed by atoms with E-state index in [1.165, 1.54) is 38.3 Å². The zero-order valence-electron chi connectivity index (χ0n) is 82.6. The number of benzene rings is 12. The summed E-state index contributed by atoms with van der Waals surface area (Å²) in [5, 5.41) is 11.1. The largest absolute Gasteiger partial charge is 0.444 e. The van der Waals surface area contributed by atoms with Gasteiger partial charge < -0.3 is 53.1 Å². The minimum absolute atomic E-state index is 0.000691. The SMILES string of the molecule is Cn1c(=O)c2ccc(-c3cnc(Cl)nc3)cc2n1Cc1cc(COC(c2ccccc2)(c2ccccc2)c2ccccc2)ccc1OC(F)F.Cn1c(=O)c2ccc(-c3cnc(N4CCN(C(=O)OC(C)(C)C)CC4)nc3)cc2n1Cc1cc(COC(c2ccccc2)(c2ccccc2)c2ccccc2)ccc1OC(F)F.Cn1c(=O)c2ccc(-c3cnc(N4CCN(C=O)CC4)nc3)cc2n1Cc1cc(CO)ccc1OC(F)F. The first-order valence-corrected chi connectivity index (χ1v) is 48.8. The van der Waals surface area contributed by atoms with Crippen molar-refractivity contribution in [1.29, 1.82) is 0 Å². The van der Waals surface area contributed by atoms with Gasteiger partial charge in [-0.25, -0.2) is 34.7 Å². The normalized spacial score (nSPS) is 13.0. The number of rotatable bonds is 31. The molecule has 0 radical (unpaired) electrons.